The Hall–Kier alpha value is -1.13. The van der Waals surface area contributed by atoms with E-state index in [-0.39, 0.29) is 17.4 Å². The summed E-state index contributed by atoms with van der Waals surface area (Å²) in [6, 6.07) is 16.0. The first-order valence-electron chi connectivity index (χ1n) is 7.34. The van der Waals surface area contributed by atoms with Gasteiger partial charge in [0.25, 0.3) is 5.91 Å². The van der Waals surface area contributed by atoms with E-state index in [0.717, 1.165) is 21.8 Å². The van der Waals surface area contributed by atoms with Gasteiger partial charge in [0, 0.05) is 26.0 Å². The van der Waals surface area contributed by atoms with Gasteiger partial charge in [-0.15, -0.1) is 0 Å². The lowest BCUT2D eigenvalue weighted by Crippen LogP contribution is -2.41. The molecule has 1 saturated carbocycles. The molecule has 0 aliphatic heterocycles. The minimum absolute atomic E-state index is 0.0108. The predicted octanol–water partition coefficient (Wildman–Crippen LogP) is 5.06. The minimum Gasteiger partial charge on any atom is -0.349 e. The molecule has 0 spiro atoms. The zero-order valence-corrected chi connectivity index (χ0v) is 15.4. The first-order valence-corrected chi connectivity index (χ1v) is 8.92. The van der Waals surface area contributed by atoms with Crippen molar-refractivity contribution in [2.45, 2.75) is 31.2 Å². The third-order valence-corrected chi connectivity index (χ3v) is 5.55. The second-order valence-electron chi connectivity index (χ2n) is 5.87. The van der Waals surface area contributed by atoms with Gasteiger partial charge < -0.3 is 5.32 Å². The summed E-state index contributed by atoms with van der Waals surface area (Å²) < 4.78 is 2.06. The van der Waals surface area contributed by atoms with Crippen LogP contribution in [0.1, 0.15) is 35.7 Å². The zero-order chi connectivity index (χ0) is 15.7. The quantitative estimate of drug-likeness (QED) is 0.732. The summed E-state index contributed by atoms with van der Waals surface area (Å²) in [5.74, 6) is -0.0108. The summed E-state index contributed by atoms with van der Waals surface area (Å²) >= 11 is 6.86. The third-order valence-electron chi connectivity index (χ3n) is 4.49. The number of carbonyl (C=O) groups is 1. The molecule has 1 amide bonds. The molecule has 0 aromatic heterocycles. The third kappa shape index (κ3) is 3.13. The van der Waals surface area contributed by atoms with Crippen molar-refractivity contribution in [1.82, 2.24) is 5.32 Å². The fourth-order valence-electron chi connectivity index (χ4n) is 2.91. The van der Waals surface area contributed by atoms with Crippen LogP contribution in [-0.4, -0.2) is 11.9 Å². The smallest absolute Gasteiger partial charge is 0.251 e. The Labute approximate surface area is 147 Å². The number of amides is 1. The number of halogens is 2. The van der Waals surface area contributed by atoms with Crippen LogP contribution >= 0.6 is 31.9 Å². The van der Waals surface area contributed by atoms with Crippen molar-refractivity contribution in [2.24, 2.45) is 0 Å². The van der Waals surface area contributed by atoms with E-state index in [1.165, 1.54) is 5.56 Å². The number of rotatable bonds is 4. The van der Waals surface area contributed by atoms with Gasteiger partial charge >= 0.3 is 0 Å². The van der Waals surface area contributed by atoms with Crippen molar-refractivity contribution in [3.63, 3.8) is 0 Å². The highest BCUT2D eigenvalue weighted by atomic mass is 79.9. The Morgan fingerprint density at radius 1 is 1.00 bits per heavy atom. The highest BCUT2D eigenvalue weighted by Crippen LogP contribution is 2.51. The van der Waals surface area contributed by atoms with E-state index in [0.29, 0.717) is 5.56 Å². The monoisotopic (exact) mass is 421 g/mol. The molecular formula is C18H17Br2NO. The topological polar surface area (TPSA) is 29.1 Å². The van der Waals surface area contributed by atoms with Crippen molar-refractivity contribution in [3.8, 4) is 0 Å². The van der Waals surface area contributed by atoms with Crippen LogP contribution in [0.2, 0.25) is 0 Å². The molecule has 2 aromatic rings. The Bertz CT molecular complexity index is 675. The van der Waals surface area contributed by atoms with Gasteiger partial charge in [-0.2, -0.15) is 0 Å². The second kappa shape index (κ2) is 6.17. The summed E-state index contributed by atoms with van der Waals surface area (Å²) in [6.07, 6.45) is 2.24. The van der Waals surface area contributed by atoms with Gasteiger partial charge in [0.05, 0.1) is 0 Å². The van der Waals surface area contributed by atoms with E-state index < -0.39 is 0 Å². The lowest BCUT2D eigenvalue weighted by molar-refractivity contribution is 0.0932. The van der Waals surface area contributed by atoms with Crippen LogP contribution in [-0.2, 0) is 5.41 Å². The summed E-state index contributed by atoms with van der Waals surface area (Å²) in [5, 5.41) is 3.17. The van der Waals surface area contributed by atoms with Gasteiger partial charge in [-0.05, 0) is 61.7 Å². The van der Waals surface area contributed by atoms with Crippen LogP contribution in [0.15, 0.2) is 57.5 Å². The molecule has 2 aromatic carbocycles. The van der Waals surface area contributed by atoms with Gasteiger partial charge in [0.1, 0.15) is 0 Å². The normalized spacial score (nSPS) is 16.9. The Morgan fingerprint density at radius 2 is 1.50 bits per heavy atom. The van der Waals surface area contributed by atoms with E-state index >= 15 is 0 Å². The zero-order valence-electron chi connectivity index (χ0n) is 12.3. The van der Waals surface area contributed by atoms with E-state index in [1.54, 1.807) is 0 Å². The van der Waals surface area contributed by atoms with Crippen molar-refractivity contribution < 1.29 is 4.79 Å². The van der Waals surface area contributed by atoms with E-state index in [4.69, 9.17) is 0 Å². The summed E-state index contributed by atoms with van der Waals surface area (Å²) in [7, 11) is 0. The lowest BCUT2D eigenvalue weighted by atomic mass is 9.89. The SMILES string of the molecule is CC(NC(=O)c1ccc(Br)cc1)C1(c2ccc(Br)cc2)CC1. The molecule has 2 nitrogen and oxygen atoms in total. The summed E-state index contributed by atoms with van der Waals surface area (Å²) in [5.41, 5.74) is 2.09. The molecule has 1 unspecified atom stereocenters. The molecule has 0 saturated heterocycles. The standard InChI is InChI=1S/C18H17Br2NO/c1-12(21-17(22)13-2-6-15(19)7-3-13)18(10-11-18)14-4-8-16(20)9-5-14/h2-9,12H,10-11H2,1H3,(H,21,22). The molecule has 3 rings (SSSR count). The number of nitrogens with one attached hydrogen (secondary N) is 1. The second-order valence-corrected chi connectivity index (χ2v) is 7.70. The van der Waals surface area contributed by atoms with Crippen molar-refractivity contribution in [1.29, 1.82) is 0 Å². The van der Waals surface area contributed by atoms with Gasteiger partial charge in [0.2, 0.25) is 0 Å². The molecule has 0 heterocycles. The van der Waals surface area contributed by atoms with Crippen molar-refractivity contribution in [2.75, 3.05) is 0 Å². The van der Waals surface area contributed by atoms with Crippen molar-refractivity contribution in [3.05, 3.63) is 68.6 Å². The van der Waals surface area contributed by atoms with Crippen LogP contribution in [0.25, 0.3) is 0 Å². The number of benzene rings is 2. The summed E-state index contributed by atoms with van der Waals surface area (Å²) in [4.78, 5) is 12.4. The van der Waals surface area contributed by atoms with Crippen LogP contribution in [0, 0.1) is 0 Å². The van der Waals surface area contributed by atoms with E-state index in [1.807, 2.05) is 24.3 Å². The Kier molecular flexibility index (Phi) is 4.42. The molecule has 1 N–H and O–H groups in total. The molecule has 1 fully saturated rings. The van der Waals surface area contributed by atoms with Crippen molar-refractivity contribution >= 4 is 37.8 Å². The molecule has 114 valence electrons. The molecule has 22 heavy (non-hydrogen) atoms. The fourth-order valence-corrected chi connectivity index (χ4v) is 3.44. The maximum Gasteiger partial charge on any atom is 0.251 e. The Morgan fingerprint density at radius 3 is 2.00 bits per heavy atom. The van der Waals surface area contributed by atoms with Gasteiger partial charge in [-0.1, -0.05) is 44.0 Å². The van der Waals surface area contributed by atoms with E-state index in [9.17, 15) is 4.79 Å². The average Bonchev–Trinajstić information content (AvgIpc) is 3.30. The maximum atomic E-state index is 12.4. The molecule has 1 aliphatic carbocycles. The lowest BCUT2D eigenvalue weighted by Gasteiger charge is -2.25. The molecule has 0 radical (unpaired) electrons. The maximum absolute atomic E-state index is 12.4. The number of carbonyl (C=O) groups excluding carboxylic acids is 1. The van der Waals surface area contributed by atoms with Gasteiger partial charge in [-0.25, -0.2) is 0 Å². The highest BCUT2D eigenvalue weighted by Gasteiger charge is 2.49. The van der Waals surface area contributed by atoms with Crippen LogP contribution in [0.3, 0.4) is 0 Å². The van der Waals surface area contributed by atoms with Crippen LogP contribution in [0.4, 0.5) is 0 Å². The highest BCUT2D eigenvalue weighted by molar-refractivity contribution is 9.10. The van der Waals surface area contributed by atoms with Crippen LogP contribution < -0.4 is 5.32 Å². The van der Waals surface area contributed by atoms with Crippen LogP contribution in [0.5, 0.6) is 0 Å². The Balaban J connectivity index is 1.74. The summed E-state index contributed by atoms with van der Waals surface area (Å²) in [6.45, 7) is 2.10. The average molecular weight is 423 g/mol. The predicted molar refractivity (Wildman–Crippen MR) is 96.1 cm³/mol. The molecule has 1 aliphatic rings. The number of hydrogen-bond donors (Lipinski definition) is 1. The van der Waals surface area contributed by atoms with Gasteiger partial charge in [-0.3, -0.25) is 4.79 Å². The minimum atomic E-state index is -0.0108. The van der Waals surface area contributed by atoms with E-state index in [2.05, 4.69) is 68.4 Å². The largest absolute Gasteiger partial charge is 0.349 e. The first-order chi connectivity index (χ1) is 10.5. The molecule has 0 bridgehead atoms. The molecule has 4 heteroatoms. The fraction of sp³-hybridized carbons (Fsp3) is 0.278. The first kappa shape index (κ1) is 15.8. The number of hydrogen-bond acceptors (Lipinski definition) is 1. The molecule has 1 atom stereocenters. The molecular weight excluding hydrogens is 406 g/mol. The van der Waals surface area contributed by atoms with Gasteiger partial charge in [0.15, 0.2) is 0 Å².